The fourth-order valence-corrected chi connectivity index (χ4v) is 7.27. The Kier molecular flexibility index (Phi) is 19.6. The highest BCUT2D eigenvalue weighted by atomic mass is 32.1. The van der Waals surface area contributed by atoms with Gasteiger partial charge in [0, 0.05) is 53.2 Å². The van der Waals surface area contributed by atoms with Crippen LogP contribution in [0.15, 0.2) is 0 Å². The van der Waals surface area contributed by atoms with E-state index in [0.717, 1.165) is 30.0 Å². The molecule has 0 bridgehead atoms. The lowest BCUT2D eigenvalue weighted by atomic mass is 10.6. The molecular formula is C14H36O6S2Si2. The third kappa shape index (κ3) is 11.5. The SMILES string of the molecule is CCO[Si](CCS)(OCC)OCC.CO[Si](CCCS)(OC)OC. The molecular weight excluding hydrogens is 384 g/mol. The third-order valence-corrected chi connectivity index (χ3v) is 9.93. The molecule has 0 N–H and O–H groups in total. The summed E-state index contributed by atoms with van der Waals surface area (Å²) >= 11 is 8.29. The summed E-state index contributed by atoms with van der Waals surface area (Å²) in [6.45, 7) is 7.79. The first-order valence-corrected chi connectivity index (χ1v) is 13.4. The van der Waals surface area contributed by atoms with Gasteiger partial charge in [-0.05, 0) is 38.7 Å². The molecule has 148 valence electrons. The Morgan fingerprint density at radius 1 is 0.625 bits per heavy atom. The van der Waals surface area contributed by atoms with E-state index in [4.69, 9.17) is 26.6 Å². The summed E-state index contributed by atoms with van der Waals surface area (Å²) < 4.78 is 32.4. The maximum atomic E-state index is 5.60. The molecule has 0 spiro atoms. The van der Waals surface area contributed by atoms with Gasteiger partial charge in [-0.2, -0.15) is 25.3 Å². The van der Waals surface area contributed by atoms with Crippen molar-refractivity contribution in [3.63, 3.8) is 0 Å². The molecule has 0 atom stereocenters. The van der Waals surface area contributed by atoms with Crippen molar-refractivity contribution in [1.29, 1.82) is 0 Å². The van der Waals surface area contributed by atoms with Crippen LogP contribution in [-0.4, -0.2) is 70.3 Å². The summed E-state index contributed by atoms with van der Waals surface area (Å²) in [4.78, 5) is 0. The van der Waals surface area contributed by atoms with Crippen molar-refractivity contribution in [2.45, 2.75) is 39.3 Å². The summed E-state index contributed by atoms with van der Waals surface area (Å²) in [6, 6.07) is 1.62. The van der Waals surface area contributed by atoms with Crippen molar-refractivity contribution in [2.24, 2.45) is 0 Å². The molecule has 0 aliphatic rings. The van der Waals surface area contributed by atoms with Crippen LogP contribution < -0.4 is 0 Å². The molecule has 0 fully saturated rings. The monoisotopic (exact) mass is 420 g/mol. The van der Waals surface area contributed by atoms with Crippen molar-refractivity contribution in [2.75, 3.05) is 52.7 Å². The zero-order valence-electron chi connectivity index (χ0n) is 16.0. The Morgan fingerprint density at radius 3 is 1.29 bits per heavy atom. The molecule has 10 heteroatoms. The number of hydrogen-bond donors (Lipinski definition) is 2. The molecule has 0 radical (unpaired) electrons. The Morgan fingerprint density at radius 2 is 1.04 bits per heavy atom. The first kappa shape index (κ1) is 27.1. The van der Waals surface area contributed by atoms with E-state index in [1.54, 1.807) is 21.3 Å². The normalized spacial score (nSPS) is 12.0. The average Bonchev–Trinajstić information content (AvgIpc) is 2.58. The van der Waals surface area contributed by atoms with E-state index < -0.39 is 17.6 Å². The van der Waals surface area contributed by atoms with E-state index >= 15 is 0 Å². The van der Waals surface area contributed by atoms with E-state index in [0.29, 0.717) is 19.8 Å². The second kappa shape index (κ2) is 17.3. The van der Waals surface area contributed by atoms with Gasteiger partial charge in [0.25, 0.3) is 0 Å². The number of hydrogen-bond acceptors (Lipinski definition) is 8. The second-order valence-electron chi connectivity index (χ2n) is 4.58. The Labute approximate surface area is 161 Å². The average molecular weight is 421 g/mol. The van der Waals surface area contributed by atoms with E-state index in [1.807, 2.05) is 20.8 Å². The first-order chi connectivity index (χ1) is 11.5. The molecule has 0 aliphatic heterocycles. The smallest absolute Gasteiger partial charge is 0.377 e. The molecule has 0 aromatic carbocycles. The van der Waals surface area contributed by atoms with Crippen molar-refractivity contribution in [3.8, 4) is 0 Å². The van der Waals surface area contributed by atoms with Crippen LogP contribution in [0.2, 0.25) is 12.1 Å². The zero-order chi connectivity index (χ0) is 18.9. The molecule has 6 nitrogen and oxygen atoms in total. The summed E-state index contributed by atoms with van der Waals surface area (Å²) in [7, 11) is 0.209. The molecule has 0 heterocycles. The largest absolute Gasteiger partial charge is 0.501 e. The van der Waals surface area contributed by atoms with Gasteiger partial charge in [0.1, 0.15) is 0 Å². The molecule has 0 aromatic heterocycles. The Hall–Kier alpha value is 0.894. The van der Waals surface area contributed by atoms with Gasteiger partial charge in [0.15, 0.2) is 0 Å². The highest BCUT2D eigenvalue weighted by Gasteiger charge is 2.39. The van der Waals surface area contributed by atoms with Crippen molar-refractivity contribution in [3.05, 3.63) is 0 Å². The standard InChI is InChI=1S/C8H20O3SSi.C6H16O3SSi/c1-4-9-13(8-7-12,10-5-2)11-6-3;1-7-11(8-2,9-3)6-4-5-10/h12H,4-8H2,1-3H3;10H,4-6H2,1-3H3. The molecule has 0 saturated heterocycles. The second-order valence-corrected chi connectivity index (χ2v) is 11.3. The van der Waals surface area contributed by atoms with Gasteiger partial charge in [-0.15, -0.1) is 0 Å². The predicted octanol–water partition coefficient (Wildman–Crippen LogP) is 3.15. The molecule has 0 amide bonds. The van der Waals surface area contributed by atoms with Gasteiger partial charge in [-0.25, -0.2) is 0 Å². The quantitative estimate of drug-likeness (QED) is 0.333. The molecule has 0 unspecified atom stereocenters. The minimum absolute atomic E-state index is 0.639. The van der Waals surface area contributed by atoms with Gasteiger partial charge < -0.3 is 26.6 Å². The predicted molar refractivity (Wildman–Crippen MR) is 109 cm³/mol. The summed E-state index contributed by atoms with van der Waals surface area (Å²) in [5.74, 6) is 1.58. The number of rotatable bonds is 14. The minimum Gasteiger partial charge on any atom is -0.377 e. The zero-order valence-corrected chi connectivity index (χ0v) is 19.8. The fourth-order valence-electron chi connectivity index (χ4n) is 1.99. The van der Waals surface area contributed by atoms with Crippen molar-refractivity contribution >= 4 is 42.9 Å². The van der Waals surface area contributed by atoms with Crippen LogP contribution in [0.3, 0.4) is 0 Å². The lowest BCUT2D eigenvalue weighted by Crippen LogP contribution is -2.46. The van der Waals surface area contributed by atoms with Crippen LogP contribution in [0.5, 0.6) is 0 Å². The van der Waals surface area contributed by atoms with Gasteiger partial charge in [-0.3, -0.25) is 0 Å². The van der Waals surface area contributed by atoms with Crippen LogP contribution in [0.1, 0.15) is 27.2 Å². The summed E-state index contributed by atoms with van der Waals surface area (Å²) in [5.41, 5.74) is 0. The van der Waals surface area contributed by atoms with Gasteiger partial charge in [-0.1, -0.05) is 0 Å². The van der Waals surface area contributed by atoms with E-state index in [-0.39, 0.29) is 0 Å². The molecule has 0 aliphatic carbocycles. The molecule has 0 saturated carbocycles. The van der Waals surface area contributed by atoms with Crippen LogP contribution in [0, 0.1) is 0 Å². The van der Waals surface area contributed by atoms with Gasteiger partial charge >= 0.3 is 17.6 Å². The highest BCUT2D eigenvalue weighted by Crippen LogP contribution is 2.16. The van der Waals surface area contributed by atoms with Crippen LogP contribution in [-0.2, 0) is 26.6 Å². The Bertz CT molecular complexity index is 236. The first-order valence-electron chi connectivity index (χ1n) is 8.28. The van der Waals surface area contributed by atoms with Crippen LogP contribution in [0.4, 0.5) is 0 Å². The van der Waals surface area contributed by atoms with Crippen molar-refractivity contribution in [1.82, 2.24) is 0 Å². The summed E-state index contributed by atoms with van der Waals surface area (Å²) in [6.07, 6.45) is 0.963. The van der Waals surface area contributed by atoms with E-state index in [1.165, 1.54) is 0 Å². The highest BCUT2D eigenvalue weighted by molar-refractivity contribution is 7.80. The van der Waals surface area contributed by atoms with Crippen molar-refractivity contribution < 1.29 is 26.6 Å². The number of thiol groups is 2. The Balaban J connectivity index is 0. The molecule has 0 rings (SSSR count). The fraction of sp³-hybridized carbons (Fsp3) is 1.00. The summed E-state index contributed by atoms with van der Waals surface area (Å²) in [5, 5.41) is 0. The minimum atomic E-state index is -2.37. The maximum absolute atomic E-state index is 5.60. The van der Waals surface area contributed by atoms with Crippen LogP contribution >= 0.6 is 25.3 Å². The molecule has 24 heavy (non-hydrogen) atoms. The third-order valence-electron chi connectivity index (χ3n) is 3.08. The van der Waals surface area contributed by atoms with E-state index in [9.17, 15) is 0 Å². The van der Waals surface area contributed by atoms with Gasteiger partial charge in [0.05, 0.1) is 0 Å². The molecule has 0 aromatic rings. The lowest BCUT2D eigenvalue weighted by Gasteiger charge is -2.27. The van der Waals surface area contributed by atoms with Gasteiger partial charge in [0.2, 0.25) is 0 Å². The van der Waals surface area contributed by atoms with Crippen LogP contribution in [0.25, 0.3) is 0 Å². The maximum Gasteiger partial charge on any atom is 0.501 e. The van der Waals surface area contributed by atoms with E-state index in [2.05, 4.69) is 25.3 Å². The topological polar surface area (TPSA) is 55.4 Å². The lowest BCUT2D eigenvalue weighted by molar-refractivity contribution is 0.0729.